The number of rotatable bonds is 4. The lowest BCUT2D eigenvalue weighted by Gasteiger charge is -2.12. The second kappa shape index (κ2) is 24.0. The van der Waals surface area contributed by atoms with Crippen molar-refractivity contribution in [3.8, 4) is 5.75 Å². The number of carbonyl (C=O) groups is 3. The molecular weight excluding hydrogens is 450 g/mol. The van der Waals surface area contributed by atoms with Crippen LogP contribution in [0.15, 0.2) is 49.0 Å². The fourth-order valence-corrected chi connectivity index (χ4v) is 1.94. The van der Waals surface area contributed by atoms with E-state index in [0.717, 1.165) is 12.5 Å². The molecule has 2 rings (SSSR count). The van der Waals surface area contributed by atoms with Crippen LogP contribution in [0, 0.1) is 26.7 Å². The van der Waals surface area contributed by atoms with Crippen molar-refractivity contribution in [1.82, 2.24) is 0 Å². The summed E-state index contributed by atoms with van der Waals surface area (Å²) in [6.45, 7) is 24.1. The van der Waals surface area contributed by atoms with Gasteiger partial charge in [-0.05, 0) is 56.5 Å². The summed E-state index contributed by atoms with van der Waals surface area (Å²) in [6, 6.07) is 12.9. The summed E-state index contributed by atoms with van der Waals surface area (Å²) in [5.41, 5.74) is 4.74. The van der Waals surface area contributed by atoms with Gasteiger partial charge in [-0.2, -0.15) is 8.78 Å². The first kappa shape index (κ1) is 39.1. The Morgan fingerprint density at radius 2 is 1.40 bits per heavy atom. The minimum Gasteiger partial charge on any atom is -0.433 e. The molecule has 0 heterocycles. The maximum atomic E-state index is 12.3. The monoisotopic (exact) mass is 494 g/mol. The number of benzene rings is 2. The van der Waals surface area contributed by atoms with Crippen molar-refractivity contribution < 1.29 is 27.9 Å². The number of Topliss-reactive ketones (excluding diaryl/α,β-unsaturated/α-hetero) is 1. The van der Waals surface area contributed by atoms with Crippen LogP contribution in [0.3, 0.4) is 0 Å². The molecule has 0 unspecified atom stereocenters. The highest BCUT2D eigenvalue weighted by Crippen LogP contribution is 2.21. The van der Waals surface area contributed by atoms with Gasteiger partial charge < -0.3 is 14.3 Å². The van der Waals surface area contributed by atoms with Gasteiger partial charge in [0.15, 0.2) is 0 Å². The van der Waals surface area contributed by atoms with E-state index in [2.05, 4.69) is 57.2 Å². The molecule has 0 radical (unpaired) electrons. The average Bonchev–Trinajstić information content (AvgIpc) is 2.77. The Balaban J connectivity index is -0.000000189. The molecule has 0 fully saturated rings. The molecule has 0 N–H and O–H groups in total. The van der Waals surface area contributed by atoms with Gasteiger partial charge in [-0.25, -0.2) is 0 Å². The Morgan fingerprint density at radius 1 is 0.971 bits per heavy atom. The van der Waals surface area contributed by atoms with Gasteiger partial charge in [-0.3, -0.25) is 4.79 Å². The van der Waals surface area contributed by atoms with Gasteiger partial charge in [0.1, 0.15) is 25.1 Å². The van der Waals surface area contributed by atoms with E-state index in [1.807, 2.05) is 46.5 Å². The van der Waals surface area contributed by atoms with Crippen molar-refractivity contribution in [2.75, 3.05) is 0 Å². The van der Waals surface area contributed by atoms with Gasteiger partial charge in [0.2, 0.25) is 0 Å². The molecule has 0 atom stereocenters. The van der Waals surface area contributed by atoms with Crippen LogP contribution in [-0.2, 0) is 14.4 Å². The molecule has 198 valence electrons. The number of alkyl halides is 2. The summed E-state index contributed by atoms with van der Waals surface area (Å²) in [5, 5.41) is 0. The first-order valence-corrected chi connectivity index (χ1v) is 11.2. The fraction of sp³-hybridized carbons (Fsp3) is 0.414. The van der Waals surface area contributed by atoms with Gasteiger partial charge in [0.25, 0.3) is 0 Å². The molecule has 35 heavy (non-hydrogen) atoms. The second-order valence-electron chi connectivity index (χ2n) is 7.76. The van der Waals surface area contributed by atoms with Crippen molar-refractivity contribution >= 4 is 25.4 Å². The van der Waals surface area contributed by atoms with E-state index in [9.17, 15) is 13.6 Å². The molecule has 0 aliphatic heterocycles. The smallest absolute Gasteiger partial charge is 0.394 e. The van der Waals surface area contributed by atoms with E-state index in [4.69, 9.17) is 9.59 Å². The molecule has 0 aliphatic carbocycles. The second-order valence-corrected chi connectivity index (χ2v) is 7.76. The maximum Gasteiger partial charge on any atom is 0.394 e. The van der Waals surface area contributed by atoms with Crippen LogP contribution in [0.2, 0.25) is 0 Å². The molecule has 0 saturated carbocycles. The number of aryl methyl sites for hydroxylation is 3. The molecule has 6 heteroatoms. The van der Waals surface area contributed by atoms with Gasteiger partial charge >= 0.3 is 6.11 Å². The summed E-state index contributed by atoms with van der Waals surface area (Å²) in [4.78, 5) is 26.1. The largest absolute Gasteiger partial charge is 0.433 e. The van der Waals surface area contributed by atoms with Crippen molar-refractivity contribution in [3.63, 3.8) is 0 Å². The molecule has 0 amide bonds. The van der Waals surface area contributed by atoms with E-state index in [1.54, 1.807) is 19.1 Å². The molecule has 0 aliphatic rings. The standard InChI is InChI=1S/C10H12.C9H10F2O.C5H10O.C3H8.2CH2O/c1-4-10-6-5-8(2)7-9(10)3;1-7-4-3-5-8(6-7)12-9(2,10)11;1-4(2)5(3)6;1-3-2;2*1-2/h4-7H,1H2,2-3H3;3-6H,1-2H3;4H,1-3H3;3H2,1-2H3;2*1H2. The Kier molecular flexibility index (Phi) is 26.8. The average molecular weight is 495 g/mol. The quantitative estimate of drug-likeness (QED) is 0.430. The number of hydrogen-bond donors (Lipinski definition) is 0. The predicted molar refractivity (Wildman–Crippen MR) is 144 cm³/mol. The number of hydrogen-bond acceptors (Lipinski definition) is 4. The zero-order valence-corrected chi connectivity index (χ0v) is 22.9. The van der Waals surface area contributed by atoms with Crippen LogP contribution >= 0.6 is 0 Å². The van der Waals surface area contributed by atoms with E-state index in [-0.39, 0.29) is 17.5 Å². The number of ketones is 1. The Hall–Kier alpha value is -3.15. The van der Waals surface area contributed by atoms with Crippen molar-refractivity contribution in [2.24, 2.45) is 5.92 Å². The molecule has 0 spiro atoms. The van der Waals surface area contributed by atoms with Crippen LogP contribution in [0.5, 0.6) is 5.75 Å². The highest BCUT2D eigenvalue weighted by atomic mass is 19.3. The summed E-state index contributed by atoms with van der Waals surface area (Å²) in [7, 11) is 0. The Labute approximate surface area is 211 Å². The lowest BCUT2D eigenvalue weighted by atomic mass is 10.1. The lowest BCUT2D eigenvalue weighted by molar-refractivity contribution is -0.159. The predicted octanol–water partition coefficient (Wildman–Crippen LogP) is 8.21. The third-order valence-corrected chi connectivity index (χ3v) is 3.74. The van der Waals surface area contributed by atoms with Crippen LogP contribution in [0.1, 0.15) is 70.2 Å². The molecule has 4 nitrogen and oxygen atoms in total. The van der Waals surface area contributed by atoms with E-state index < -0.39 is 6.11 Å². The van der Waals surface area contributed by atoms with E-state index in [0.29, 0.717) is 0 Å². The highest BCUT2D eigenvalue weighted by Gasteiger charge is 2.22. The third kappa shape index (κ3) is 27.0. The zero-order valence-electron chi connectivity index (χ0n) is 22.9. The minimum atomic E-state index is -3.10. The maximum absolute atomic E-state index is 12.3. The van der Waals surface area contributed by atoms with Crippen LogP contribution in [-0.4, -0.2) is 25.5 Å². The van der Waals surface area contributed by atoms with Crippen LogP contribution < -0.4 is 4.74 Å². The molecule has 0 saturated heterocycles. The van der Waals surface area contributed by atoms with Crippen LogP contribution in [0.25, 0.3) is 6.08 Å². The topological polar surface area (TPSA) is 60.4 Å². The highest BCUT2D eigenvalue weighted by molar-refractivity contribution is 5.77. The molecule has 2 aromatic carbocycles. The first-order valence-electron chi connectivity index (χ1n) is 11.2. The van der Waals surface area contributed by atoms with Gasteiger partial charge in [0, 0.05) is 12.8 Å². The van der Waals surface area contributed by atoms with Crippen molar-refractivity contribution in [1.29, 1.82) is 0 Å². The fourth-order valence-electron chi connectivity index (χ4n) is 1.94. The summed E-state index contributed by atoms with van der Waals surface area (Å²) in [6.07, 6.45) is 0.0303. The number of halogens is 2. The van der Waals surface area contributed by atoms with Crippen molar-refractivity contribution in [3.05, 3.63) is 71.3 Å². The van der Waals surface area contributed by atoms with Crippen molar-refractivity contribution in [2.45, 2.75) is 74.8 Å². The molecule has 2 aromatic rings. The zero-order chi connectivity index (χ0) is 28.6. The summed E-state index contributed by atoms with van der Waals surface area (Å²) in [5.74, 6) is 0.669. The minimum absolute atomic E-state index is 0.197. The summed E-state index contributed by atoms with van der Waals surface area (Å²) < 4.78 is 29.0. The number of carbonyl (C=O) groups excluding carboxylic acids is 3. The Morgan fingerprint density at radius 3 is 1.71 bits per heavy atom. The van der Waals surface area contributed by atoms with E-state index >= 15 is 0 Å². The SMILES string of the molecule is C=Cc1ccc(C)cc1C.C=O.C=O.CC(=O)C(C)C.CCC.Cc1cccc(OC(C)(F)F)c1. The lowest BCUT2D eigenvalue weighted by Crippen LogP contribution is -2.18. The summed E-state index contributed by atoms with van der Waals surface area (Å²) >= 11 is 0. The van der Waals surface area contributed by atoms with Crippen LogP contribution in [0.4, 0.5) is 8.78 Å². The first-order chi connectivity index (χ1) is 16.3. The van der Waals surface area contributed by atoms with Gasteiger partial charge in [0.05, 0.1) is 0 Å². The normalized spacial score (nSPS) is 8.91. The molecule has 0 aromatic heterocycles. The van der Waals surface area contributed by atoms with Gasteiger partial charge in [-0.15, -0.1) is 0 Å². The third-order valence-electron chi connectivity index (χ3n) is 3.74. The molecule has 0 bridgehead atoms. The number of ether oxygens (including phenoxy) is 1. The van der Waals surface area contributed by atoms with Gasteiger partial charge in [-0.1, -0.05) is 82.7 Å². The molecular formula is C29H44F2O4. The van der Waals surface area contributed by atoms with E-state index in [1.165, 1.54) is 29.2 Å². The Bertz CT molecular complexity index is 811.